The minimum atomic E-state index is -0.927. The summed E-state index contributed by atoms with van der Waals surface area (Å²) in [5.41, 5.74) is 10.1. The van der Waals surface area contributed by atoms with Gasteiger partial charge in [-0.2, -0.15) is 0 Å². The van der Waals surface area contributed by atoms with Crippen LogP contribution in [0.4, 0.5) is 20.2 Å². The second-order valence-corrected chi connectivity index (χ2v) is 7.27. The van der Waals surface area contributed by atoms with E-state index in [4.69, 9.17) is 10.5 Å². The van der Waals surface area contributed by atoms with E-state index in [1.54, 1.807) is 18.3 Å². The maximum Gasteiger partial charge on any atom is 0.159 e. The highest BCUT2D eigenvalue weighted by molar-refractivity contribution is 5.90. The van der Waals surface area contributed by atoms with Gasteiger partial charge < -0.3 is 15.4 Å². The van der Waals surface area contributed by atoms with Crippen LogP contribution in [0.15, 0.2) is 79.0 Å². The summed E-state index contributed by atoms with van der Waals surface area (Å²) >= 11 is 0. The van der Waals surface area contributed by atoms with Crippen LogP contribution in [0.2, 0.25) is 0 Å². The Bertz CT molecular complexity index is 1220. The van der Waals surface area contributed by atoms with Crippen LogP contribution < -0.4 is 15.4 Å². The molecular formula is C25H21F2N3O. The SMILES string of the molecule is CN(C)c1cccc(Oc2ccc(-c3cccc(N)c3-c3ccc(F)c(F)c3)nc2)c1. The van der Waals surface area contributed by atoms with Gasteiger partial charge in [0.05, 0.1) is 11.9 Å². The molecule has 0 fully saturated rings. The highest BCUT2D eigenvalue weighted by Gasteiger charge is 2.14. The number of anilines is 2. The molecule has 1 heterocycles. The average Bonchev–Trinajstić information content (AvgIpc) is 2.76. The molecule has 156 valence electrons. The average molecular weight is 417 g/mol. The van der Waals surface area contributed by atoms with Gasteiger partial charge in [0, 0.05) is 42.7 Å². The molecule has 0 radical (unpaired) electrons. The van der Waals surface area contributed by atoms with Crippen molar-refractivity contribution >= 4 is 11.4 Å². The molecule has 0 unspecified atom stereocenters. The summed E-state index contributed by atoms with van der Waals surface area (Å²) in [6, 6.07) is 20.4. The van der Waals surface area contributed by atoms with Crippen molar-refractivity contribution < 1.29 is 13.5 Å². The summed E-state index contributed by atoms with van der Waals surface area (Å²) in [6.07, 6.45) is 1.62. The van der Waals surface area contributed by atoms with Gasteiger partial charge in [-0.3, -0.25) is 4.98 Å². The molecule has 31 heavy (non-hydrogen) atoms. The lowest BCUT2D eigenvalue weighted by Gasteiger charge is -2.15. The second kappa shape index (κ2) is 8.44. The van der Waals surface area contributed by atoms with E-state index in [9.17, 15) is 8.78 Å². The third kappa shape index (κ3) is 4.33. The fourth-order valence-corrected chi connectivity index (χ4v) is 3.32. The first-order chi connectivity index (χ1) is 14.9. The Morgan fingerprint density at radius 1 is 0.839 bits per heavy atom. The lowest BCUT2D eigenvalue weighted by Crippen LogP contribution is -2.08. The molecule has 0 saturated heterocycles. The summed E-state index contributed by atoms with van der Waals surface area (Å²) in [5, 5.41) is 0. The van der Waals surface area contributed by atoms with E-state index in [-0.39, 0.29) is 0 Å². The Morgan fingerprint density at radius 3 is 2.35 bits per heavy atom. The highest BCUT2D eigenvalue weighted by atomic mass is 19.2. The van der Waals surface area contributed by atoms with Crippen molar-refractivity contribution in [1.82, 2.24) is 4.98 Å². The predicted octanol–water partition coefficient (Wildman–Crippen LogP) is 6.13. The van der Waals surface area contributed by atoms with E-state index in [0.717, 1.165) is 17.8 Å². The molecule has 0 aliphatic rings. The standard InChI is InChI=1S/C25H21F2N3O/c1-30(2)17-5-3-6-18(14-17)31-19-10-12-24(29-15-19)20-7-4-8-23(28)25(20)16-9-11-21(26)22(27)13-16/h3-15H,28H2,1-2H3. The zero-order valence-corrected chi connectivity index (χ0v) is 17.1. The number of aromatic nitrogens is 1. The van der Waals surface area contributed by atoms with Crippen molar-refractivity contribution in [2.45, 2.75) is 0 Å². The summed E-state index contributed by atoms with van der Waals surface area (Å²) in [6.45, 7) is 0. The highest BCUT2D eigenvalue weighted by Crippen LogP contribution is 2.37. The summed E-state index contributed by atoms with van der Waals surface area (Å²) in [4.78, 5) is 6.50. The first-order valence-corrected chi connectivity index (χ1v) is 9.68. The first-order valence-electron chi connectivity index (χ1n) is 9.68. The zero-order chi connectivity index (χ0) is 22.0. The monoisotopic (exact) mass is 417 g/mol. The van der Waals surface area contributed by atoms with Gasteiger partial charge in [-0.15, -0.1) is 0 Å². The maximum absolute atomic E-state index is 13.8. The number of nitrogens with two attached hydrogens (primary N) is 1. The Hall–Kier alpha value is -3.93. The number of hydrogen-bond donors (Lipinski definition) is 1. The lowest BCUT2D eigenvalue weighted by atomic mass is 9.95. The van der Waals surface area contributed by atoms with Crippen LogP contribution in [0.25, 0.3) is 22.4 Å². The number of nitrogen functional groups attached to an aromatic ring is 1. The number of hydrogen-bond acceptors (Lipinski definition) is 4. The molecule has 0 aliphatic heterocycles. The minimum absolute atomic E-state index is 0.450. The summed E-state index contributed by atoms with van der Waals surface area (Å²) in [5.74, 6) is -0.550. The quantitative estimate of drug-likeness (QED) is 0.397. The maximum atomic E-state index is 13.8. The van der Waals surface area contributed by atoms with Gasteiger partial charge >= 0.3 is 0 Å². The van der Waals surface area contributed by atoms with Crippen molar-refractivity contribution in [3.05, 3.63) is 90.6 Å². The van der Waals surface area contributed by atoms with Crippen LogP contribution in [0, 0.1) is 11.6 Å². The molecule has 0 bridgehead atoms. The molecule has 0 amide bonds. The van der Waals surface area contributed by atoms with Gasteiger partial charge in [0.1, 0.15) is 11.5 Å². The molecule has 4 nitrogen and oxygen atoms in total. The van der Waals surface area contributed by atoms with E-state index < -0.39 is 11.6 Å². The van der Waals surface area contributed by atoms with E-state index in [2.05, 4.69) is 4.98 Å². The summed E-state index contributed by atoms with van der Waals surface area (Å²) < 4.78 is 33.1. The first kappa shape index (κ1) is 20.3. The molecule has 0 spiro atoms. The fourth-order valence-electron chi connectivity index (χ4n) is 3.32. The largest absolute Gasteiger partial charge is 0.456 e. The Morgan fingerprint density at radius 2 is 1.65 bits per heavy atom. The van der Waals surface area contributed by atoms with Crippen LogP contribution in [0.1, 0.15) is 0 Å². The Kier molecular flexibility index (Phi) is 5.54. The number of pyridine rings is 1. The van der Waals surface area contributed by atoms with E-state index >= 15 is 0 Å². The number of ether oxygens (including phenoxy) is 1. The molecule has 6 heteroatoms. The topological polar surface area (TPSA) is 51.4 Å². The lowest BCUT2D eigenvalue weighted by molar-refractivity contribution is 0.480. The van der Waals surface area contributed by atoms with Crippen LogP contribution in [0.3, 0.4) is 0 Å². The van der Waals surface area contributed by atoms with Crippen LogP contribution >= 0.6 is 0 Å². The number of benzene rings is 3. The zero-order valence-electron chi connectivity index (χ0n) is 17.1. The van der Waals surface area contributed by atoms with Crippen LogP contribution in [0.5, 0.6) is 11.5 Å². The van der Waals surface area contributed by atoms with Crippen LogP contribution in [-0.4, -0.2) is 19.1 Å². The molecular weight excluding hydrogens is 396 g/mol. The molecule has 4 rings (SSSR count). The van der Waals surface area contributed by atoms with E-state index in [1.165, 1.54) is 6.07 Å². The molecule has 2 N–H and O–H groups in total. The van der Waals surface area contributed by atoms with Crippen molar-refractivity contribution in [2.75, 3.05) is 24.7 Å². The Balaban J connectivity index is 1.66. The number of rotatable bonds is 5. The predicted molar refractivity (Wildman–Crippen MR) is 120 cm³/mol. The molecule has 0 aliphatic carbocycles. The van der Waals surface area contributed by atoms with Gasteiger partial charge in [-0.05, 0) is 48.0 Å². The van der Waals surface area contributed by atoms with Gasteiger partial charge in [0.25, 0.3) is 0 Å². The van der Waals surface area contributed by atoms with Crippen molar-refractivity contribution in [1.29, 1.82) is 0 Å². The Labute approximate surface area is 179 Å². The van der Waals surface area contributed by atoms with Crippen LogP contribution in [-0.2, 0) is 0 Å². The van der Waals surface area contributed by atoms with E-state index in [0.29, 0.717) is 39.6 Å². The van der Waals surface area contributed by atoms with Crippen molar-refractivity contribution in [3.63, 3.8) is 0 Å². The molecule has 0 atom stereocenters. The molecule has 1 aromatic heterocycles. The molecule has 3 aromatic carbocycles. The minimum Gasteiger partial charge on any atom is -0.456 e. The van der Waals surface area contributed by atoms with Crippen molar-refractivity contribution in [2.24, 2.45) is 0 Å². The third-order valence-electron chi connectivity index (χ3n) is 4.89. The smallest absolute Gasteiger partial charge is 0.159 e. The van der Waals surface area contributed by atoms with Gasteiger partial charge in [-0.1, -0.05) is 24.3 Å². The second-order valence-electron chi connectivity index (χ2n) is 7.27. The summed E-state index contributed by atoms with van der Waals surface area (Å²) in [7, 11) is 3.93. The molecule has 0 saturated carbocycles. The van der Waals surface area contributed by atoms with E-state index in [1.807, 2.05) is 61.5 Å². The normalized spacial score (nSPS) is 10.7. The molecule has 4 aromatic rings. The van der Waals surface area contributed by atoms with Gasteiger partial charge in [0.2, 0.25) is 0 Å². The van der Waals surface area contributed by atoms with Gasteiger partial charge in [0.15, 0.2) is 11.6 Å². The van der Waals surface area contributed by atoms with Crippen molar-refractivity contribution in [3.8, 4) is 33.9 Å². The fraction of sp³-hybridized carbons (Fsp3) is 0.0800. The van der Waals surface area contributed by atoms with Gasteiger partial charge in [-0.25, -0.2) is 8.78 Å². The third-order valence-corrected chi connectivity index (χ3v) is 4.89. The number of nitrogens with zero attached hydrogens (tertiary/aromatic N) is 2. The number of halogens is 2.